The standard InChI is InChI=1S/C14H21N3O/c18-14(17-9-12-15-7-8-16-12)13(10-3-1-4-10)11-5-2-6-11/h7-8,10-11,13H,1-6,9H2,(H,15,16)(H,17,18). The molecule has 1 heterocycles. The smallest absolute Gasteiger partial charge is 0.224 e. The number of carbonyl (C=O) groups excluding carboxylic acids is 1. The summed E-state index contributed by atoms with van der Waals surface area (Å²) in [5.41, 5.74) is 0. The first kappa shape index (κ1) is 11.8. The summed E-state index contributed by atoms with van der Waals surface area (Å²) < 4.78 is 0. The van der Waals surface area contributed by atoms with Crippen LogP contribution in [0.1, 0.15) is 44.3 Å². The van der Waals surface area contributed by atoms with E-state index in [0.717, 1.165) is 5.82 Å². The number of hydrogen-bond donors (Lipinski definition) is 2. The molecule has 1 aromatic rings. The topological polar surface area (TPSA) is 57.8 Å². The van der Waals surface area contributed by atoms with Gasteiger partial charge in [0.05, 0.1) is 6.54 Å². The van der Waals surface area contributed by atoms with Gasteiger partial charge in [-0.2, -0.15) is 0 Å². The lowest BCUT2D eigenvalue weighted by Gasteiger charge is -2.41. The van der Waals surface area contributed by atoms with Crippen molar-refractivity contribution in [3.63, 3.8) is 0 Å². The maximum absolute atomic E-state index is 12.4. The Labute approximate surface area is 108 Å². The van der Waals surface area contributed by atoms with Gasteiger partial charge in [0.1, 0.15) is 5.82 Å². The molecule has 4 heteroatoms. The number of rotatable bonds is 5. The molecule has 0 saturated heterocycles. The first-order valence-electron chi connectivity index (χ1n) is 7.10. The minimum Gasteiger partial charge on any atom is -0.349 e. The number of H-pyrrole nitrogens is 1. The Bertz CT molecular complexity index is 379. The maximum atomic E-state index is 12.4. The summed E-state index contributed by atoms with van der Waals surface area (Å²) >= 11 is 0. The molecule has 1 amide bonds. The molecule has 0 spiro atoms. The van der Waals surface area contributed by atoms with Gasteiger partial charge in [0.25, 0.3) is 0 Å². The van der Waals surface area contributed by atoms with E-state index in [1.54, 1.807) is 12.4 Å². The minimum atomic E-state index is 0.251. The van der Waals surface area contributed by atoms with Crippen LogP contribution in [0.25, 0.3) is 0 Å². The van der Waals surface area contributed by atoms with Crippen LogP contribution in [-0.4, -0.2) is 15.9 Å². The summed E-state index contributed by atoms with van der Waals surface area (Å²) in [4.78, 5) is 19.5. The highest BCUT2D eigenvalue weighted by Crippen LogP contribution is 2.44. The van der Waals surface area contributed by atoms with E-state index >= 15 is 0 Å². The molecule has 1 aromatic heterocycles. The Kier molecular flexibility index (Phi) is 3.35. The molecule has 2 saturated carbocycles. The fourth-order valence-electron chi connectivity index (χ4n) is 3.09. The molecular weight excluding hydrogens is 226 g/mol. The second-order valence-electron chi connectivity index (χ2n) is 5.66. The molecule has 0 atom stereocenters. The number of amides is 1. The van der Waals surface area contributed by atoms with Crippen LogP contribution in [0.15, 0.2) is 12.4 Å². The van der Waals surface area contributed by atoms with Crippen molar-refractivity contribution in [1.29, 1.82) is 0 Å². The van der Waals surface area contributed by atoms with Crippen LogP contribution in [-0.2, 0) is 11.3 Å². The van der Waals surface area contributed by atoms with Crippen molar-refractivity contribution in [2.45, 2.75) is 45.1 Å². The van der Waals surface area contributed by atoms with Crippen molar-refractivity contribution in [1.82, 2.24) is 15.3 Å². The van der Waals surface area contributed by atoms with Gasteiger partial charge in [-0.05, 0) is 37.5 Å². The largest absolute Gasteiger partial charge is 0.349 e. The fraction of sp³-hybridized carbons (Fsp3) is 0.714. The van der Waals surface area contributed by atoms with Crippen LogP contribution in [0.2, 0.25) is 0 Å². The Morgan fingerprint density at radius 2 is 2.00 bits per heavy atom. The Balaban J connectivity index is 1.57. The highest BCUT2D eigenvalue weighted by molar-refractivity contribution is 5.79. The zero-order valence-electron chi connectivity index (χ0n) is 10.7. The van der Waals surface area contributed by atoms with E-state index in [4.69, 9.17) is 0 Å². The van der Waals surface area contributed by atoms with E-state index in [9.17, 15) is 4.79 Å². The highest BCUT2D eigenvalue weighted by Gasteiger charge is 2.40. The van der Waals surface area contributed by atoms with Crippen LogP contribution in [0.3, 0.4) is 0 Å². The Morgan fingerprint density at radius 3 is 2.44 bits per heavy atom. The van der Waals surface area contributed by atoms with Crippen molar-refractivity contribution in [3.05, 3.63) is 18.2 Å². The number of aromatic amines is 1. The molecule has 2 aliphatic rings. The first-order valence-corrected chi connectivity index (χ1v) is 7.10. The van der Waals surface area contributed by atoms with Crippen molar-refractivity contribution in [3.8, 4) is 0 Å². The molecule has 98 valence electrons. The first-order chi connectivity index (χ1) is 8.84. The Hall–Kier alpha value is -1.32. The normalized spacial score (nSPS) is 20.5. The molecule has 0 radical (unpaired) electrons. The number of carbonyl (C=O) groups is 1. The van der Waals surface area contributed by atoms with Gasteiger partial charge in [-0.1, -0.05) is 12.8 Å². The van der Waals surface area contributed by atoms with Gasteiger partial charge >= 0.3 is 0 Å². The lowest BCUT2D eigenvalue weighted by molar-refractivity contribution is -0.132. The van der Waals surface area contributed by atoms with Gasteiger partial charge in [0.15, 0.2) is 0 Å². The number of nitrogens with zero attached hydrogens (tertiary/aromatic N) is 1. The van der Waals surface area contributed by atoms with Gasteiger partial charge < -0.3 is 10.3 Å². The van der Waals surface area contributed by atoms with Gasteiger partial charge in [0.2, 0.25) is 5.91 Å². The van der Waals surface area contributed by atoms with E-state index < -0.39 is 0 Å². The molecule has 3 rings (SSSR count). The lowest BCUT2D eigenvalue weighted by Crippen LogP contribution is -2.43. The van der Waals surface area contributed by atoms with Crippen molar-refractivity contribution >= 4 is 5.91 Å². The van der Waals surface area contributed by atoms with E-state index in [-0.39, 0.29) is 11.8 Å². The molecule has 2 aliphatic carbocycles. The summed E-state index contributed by atoms with van der Waals surface area (Å²) in [5.74, 6) is 2.64. The second-order valence-corrected chi connectivity index (χ2v) is 5.66. The van der Waals surface area contributed by atoms with Gasteiger partial charge in [-0.15, -0.1) is 0 Å². The number of nitrogens with one attached hydrogen (secondary N) is 2. The van der Waals surface area contributed by atoms with Crippen LogP contribution in [0, 0.1) is 17.8 Å². The van der Waals surface area contributed by atoms with Crippen LogP contribution >= 0.6 is 0 Å². The summed E-state index contributed by atoms with van der Waals surface area (Å²) in [6, 6.07) is 0. The Morgan fingerprint density at radius 1 is 1.33 bits per heavy atom. The molecule has 4 nitrogen and oxygen atoms in total. The second kappa shape index (κ2) is 5.12. The van der Waals surface area contributed by atoms with Crippen LogP contribution in [0.5, 0.6) is 0 Å². The SMILES string of the molecule is O=C(NCc1ncc[nH]1)C(C1CCC1)C1CCC1. The van der Waals surface area contributed by atoms with Crippen molar-refractivity contribution < 1.29 is 4.79 Å². The molecular formula is C14H21N3O. The number of imidazole rings is 1. The van der Waals surface area contributed by atoms with E-state index in [1.165, 1.54) is 38.5 Å². The average molecular weight is 247 g/mol. The maximum Gasteiger partial charge on any atom is 0.224 e. The summed E-state index contributed by atoms with van der Waals surface area (Å²) in [6.45, 7) is 0.530. The van der Waals surface area contributed by atoms with Gasteiger partial charge in [-0.25, -0.2) is 4.98 Å². The monoisotopic (exact) mass is 247 g/mol. The van der Waals surface area contributed by atoms with E-state index in [0.29, 0.717) is 18.4 Å². The van der Waals surface area contributed by atoms with Gasteiger partial charge in [-0.3, -0.25) is 4.79 Å². The molecule has 2 fully saturated rings. The van der Waals surface area contributed by atoms with Crippen LogP contribution in [0.4, 0.5) is 0 Å². The minimum absolute atomic E-state index is 0.251. The van der Waals surface area contributed by atoms with Crippen molar-refractivity contribution in [2.24, 2.45) is 17.8 Å². The van der Waals surface area contributed by atoms with E-state index in [2.05, 4.69) is 15.3 Å². The fourth-order valence-corrected chi connectivity index (χ4v) is 3.09. The number of aromatic nitrogens is 2. The summed E-state index contributed by atoms with van der Waals surface area (Å²) in [5, 5.41) is 3.05. The third kappa shape index (κ3) is 2.28. The number of hydrogen-bond acceptors (Lipinski definition) is 2. The molecule has 0 unspecified atom stereocenters. The average Bonchev–Trinajstić information content (AvgIpc) is 2.72. The zero-order valence-corrected chi connectivity index (χ0v) is 10.7. The molecule has 0 bridgehead atoms. The molecule has 0 aliphatic heterocycles. The molecule has 18 heavy (non-hydrogen) atoms. The predicted octanol–water partition coefficient (Wildman–Crippen LogP) is 2.24. The summed E-state index contributed by atoms with van der Waals surface area (Å²) in [6.07, 6.45) is 11.1. The third-order valence-corrected chi connectivity index (χ3v) is 4.60. The lowest BCUT2D eigenvalue weighted by atomic mass is 9.64. The van der Waals surface area contributed by atoms with Gasteiger partial charge in [0, 0.05) is 18.3 Å². The van der Waals surface area contributed by atoms with E-state index in [1.807, 2.05) is 0 Å². The third-order valence-electron chi connectivity index (χ3n) is 4.60. The molecule has 0 aromatic carbocycles. The highest BCUT2D eigenvalue weighted by atomic mass is 16.1. The molecule has 2 N–H and O–H groups in total. The van der Waals surface area contributed by atoms with Crippen LogP contribution < -0.4 is 5.32 Å². The quantitative estimate of drug-likeness (QED) is 0.838. The zero-order chi connectivity index (χ0) is 12.4. The van der Waals surface area contributed by atoms with Crippen molar-refractivity contribution in [2.75, 3.05) is 0 Å². The predicted molar refractivity (Wildman–Crippen MR) is 68.6 cm³/mol. The summed E-state index contributed by atoms with van der Waals surface area (Å²) in [7, 11) is 0.